The summed E-state index contributed by atoms with van der Waals surface area (Å²) in [6.45, 7) is 0.465. The van der Waals surface area contributed by atoms with Crippen molar-refractivity contribution in [1.29, 1.82) is 0 Å². The summed E-state index contributed by atoms with van der Waals surface area (Å²) in [5.41, 5.74) is 0.192. The topological polar surface area (TPSA) is 66.4 Å². The van der Waals surface area contributed by atoms with E-state index in [2.05, 4.69) is 5.32 Å². The SMILES string of the molecule is O=S(=O)(c1ccccc1NCC1CCCC(O)C1)C(F)F. The van der Waals surface area contributed by atoms with Crippen LogP contribution >= 0.6 is 0 Å². The molecule has 7 heteroatoms. The number of rotatable bonds is 5. The van der Waals surface area contributed by atoms with Crippen molar-refractivity contribution in [3.05, 3.63) is 24.3 Å². The van der Waals surface area contributed by atoms with Crippen molar-refractivity contribution >= 4 is 15.5 Å². The molecule has 2 unspecified atom stereocenters. The molecule has 0 aliphatic heterocycles. The van der Waals surface area contributed by atoms with Crippen LogP contribution in [0.1, 0.15) is 25.7 Å². The maximum Gasteiger partial charge on any atom is 0.341 e. The maximum absolute atomic E-state index is 12.7. The first-order valence-electron chi connectivity index (χ1n) is 6.94. The van der Waals surface area contributed by atoms with Crippen LogP contribution in [0.25, 0.3) is 0 Å². The van der Waals surface area contributed by atoms with E-state index in [0.29, 0.717) is 13.0 Å². The number of nitrogens with one attached hydrogen (secondary N) is 1. The van der Waals surface area contributed by atoms with Crippen LogP contribution in [0.15, 0.2) is 29.2 Å². The quantitative estimate of drug-likeness (QED) is 0.875. The third-order valence-electron chi connectivity index (χ3n) is 3.76. The van der Waals surface area contributed by atoms with Gasteiger partial charge in [0, 0.05) is 6.54 Å². The van der Waals surface area contributed by atoms with Crippen molar-refractivity contribution in [3.8, 4) is 0 Å². The second-order valence-corrected chi connectivity index (χ2v) is 7.26. The van der Waals surface area contributed by atoms with Gasteiger partial charge in [-0.15, -0.1) is 0 Å². The van der Waals surface area contributed by atoms with Gasteiger partial charge in [-0.25, -0.2) is 8.42 Å². The van der Waals surface area contributed by atoms with Gasteiger partial charge < -0.3 is 10.4 Å². The Hall–Kier alpha value is -1.21. The molecule has 1 aromatic rings. The van der Waals surface area contributed by atoms with Gasteiger partial charge in [0.1, 0.15) is 0 Å². The van der Waals surface area contributed by atoms with Crippen LogP contribution < -0.4 is 5.32 Å². The largest absolute Gasteiger partial charge is 0.393 e. The van der Waals surface area contributed by atoms with Gasteiger partial charge in [-0.1, -0.05) is 18.6 Å². The molecular formula is C14H19F2NO3S. The minimum Gasteiger partial charge on any atom is -0.393 e. The van der Waals surface area contributed by atoms with E-state index in [0.717, 1.165) is 19.3 Å². The van der Waals surface area contributed by atoms with Crippen molar-refractivity contribution in [3.63, 3.8) is 0 Å². The Morgan fingerprint density at radius 3 is 2.67 bits per heavy atom. The van der Waals surface area contributed by atoms with E-state index in [1.165, 1.54) is 18.2 Å². The lowest BCUT2D eigenvalue weighted by Crippen LogP contribution is -2.25. The molecule has 2 N–H and O–H groups in total. The van der Waals surface area contributed by atoms with Gasteiger partial charge in [0.05, 0.1) is 16.7 Å². The predicted molar refractivity (Wildman–Crippen MR) is 76.1 cm³/mol. The number of aliphatic hydroxyl groups excluding tert-OH is 1. The van der Waals surface area contributed by atoms with Crippen molar-refractivity contribution in [2.45, 2.75) is 42.4 Å². The Bertz CT molecular complexity index is 577. The minimum atomic E-state index is -4.62. The van der Waals surface area contributed by atoms with Gasteiger partial charge in [-0.05, 0) is 37.3 Å². The predicted octanol–water partition coefficient (Wildman–Crippen LogP) is 2.65. The molecule has 1 aliphatic carbocycles. The van der Waals surface area contributed by atoms with Crippen molar-refractivity contribution < 1.29 is 22.3 Å². The normalized spacial score (nSPS) is 23.2. The van der Waals surface area contributed by atoms with Gasteiger partial charge >= 0.3 is 5.76 Å². The zero-order chi connectivity index (χ0) is 15.5. The molecule has 0 heterocycles. The lowest BCUT2D eigenvalue weighted by atomic mass is 9.87. The molecule has 21 heavy (non-hydrogen) atoms. The molecule has 0 radical (unpaired) electrons. The van der Waals surface area contributed by atoms with E-state index in [-0.39, 0.29) is 22.6 Å². The molecule has 4 nitrogen and oxygen atoms in total. The number of halogens is 2. The fourth-order valence-corrected chi connectivity index (χ4v) is 3.57. The average molecular weight is 319 g/mol. The first kappa shape index (κ1) is 16.2. The monoisotopic (exact) mass is 319 g/mol. The van der Waals surface area contributed by atoms with Crippen LogP contribution in [0, 0.1) is 5.92 Å². The molecule has 1 saturated carbocycles. The van der Waals surface area contributed by atoms with Crippen LogP contribution in [0.3, 0.4) is 0 Å². The molecule has 0 spiro atoms. The van der Waals surface area contributed by atoms with Gasteiger partial charge in [0.2, 0.25) is 9.84 Å². The number of para-hydroxylation sites is 1. The van der Waals surface area contributed by atoms with E-state index in [9.17, 15) is 22.3 Å². The minimum absolute atomic E-state index is 0.192. The Labute approximate surface area is 123 Å². The van der Waals surface area contributed by atoms with E-state index in [1.807, 2.05) is 0 Å². The van der Waals surface area contributed by atoms with Crippen LogP contribution in [-0.4, -0.2) is 31.9 Å². The van der Waals surface area contributed by atoms with Crippen molar-refractivity contribution in [1.82, 2.24) is 0 Å². The van der Waals surface area contributed by atoms with E-state index in [4.69, 9.17) is 0 Å². The highest BCUT2D eigenvalue weighted by molar-refractivity contribution is 7.91. The zero-order valence-corrected chi connectivity index (χ0v) is 12.3. The number of benzene rings is 1. The van der Waals surface area contributed by atoms with Crippen molar-refractivity contribution in [2.75, 3.05) is 11.9 Å². The highest BCUT2D eigenvalue weighted by Crippen LogP contribution is 2.28. The molecule has 2 atom stereocenters. The Morgan fingerprint density at radius 1 is 1.29 bits per heavy atom. The number of hydrogen-bond acceptors (Lipinski definition) is 4. The summed E-state index contributed by atoms with van der Waals surface area (Å²) >= 11 is 0. The fourth-order valence-electron chi connectivity index (χ4n) is 2.66. The van der Waals surface area contributed by atoms with Gasteiger partial charge in [0.25, 0.3) is 0 Å². The lowest BCUT2D eigenvalue weighted by molar-refractivity contribution is 0.104. The summed E-state index contributed by atoms with van der Waals surface area (Å²) in [7, 11) is -4.62. The highest BCUT2D eigenvalue weighted by atomic mass is 32.2. The molecule has 0 aromatic heterocycles. The van der Waals surface area contributed by atoms with Crippen LogP contribution in [0.4, 0.5) is 14.5 Å². The summed E-state index contributed by atoms with van der Waals surface area (Å²) in [4.78, 5) is -0.378. The number of alkyl halides is 2. The molecular weight excluding hydrogens is 300 g/mol. The van der Waals surface area contributed by atoms with Crippen LogP contribution in [0.5, 0.6) is 0 Å². The molecule has 0 saturated heterocycles. The fraction of sp³-hybridized carbons (Fsp3) is 0.571. The number of sulfone groups is 1. The van der Waals surface area contributed by atoms with Crippen molar-refractivity contribution in [2.24, 2.45) is 5.92 Å². The van der Waals surface area contributed by atoms with Crippen LogP contribution in [0.2, 0.25) is 0 Å². The van der Waals surface area contributed by atoms with Gasteiger partial charge in [-0.3, -0.25) is 0 Å². The van der Waals surface area contributed by atoms with Gasteiger partial charge in [-0.2, -0.15) is 8.78 Å². The number of hydrogen-bond donors (Lipinski definition) is 2. The second-order valence-electron chi connectivity index (χ2n) is 5.37. The standard InChI is InChI=1S/C14H19F2NO3S/c15-14(16)21(19,20)13-7-2-1-6-12(13)17-9-10-4-3-5-11(18)8-10/h1-2,6-7,10-11,14,17-18H,3-5,8-9H2. The molecule has 1 aliphatic rings. The smallest absolute Gasteiger partial charge is 0.341 e. The summed E-state index contributed by atoms with van der Waals surface area (Å²) in [5.74, 6) is -3.21. The van der Waals surface area contributed by atoms with E-state index in [1.54, 1.807) is 6.07 Å². The first-order chi connectivity index (χ1) is 9.91. The summed E-state index contributed by atoms with van der Waals surface area (Å²) < 4.78 is 48.6. The number of aliphatic hydroxyl groups is 1. The summed E-state index contributed by atoms with van der Waals surface area (Å²) in [5, 5.41) is 12.6. The molecule has 2 rings (SSSR count). The Balaban J connectivity index is 2.10. The Kier molecular flexibility index (Phi) is 5.16. The average Bonchev–Trinajstić information content (AvgIpc) is 2.45. The maximum atomic E-state index is 12.7. The van der Waals surface area contributed by atoms with E-state index >= 15 is 0 Å². The third kappa shape index (κ3) is 3.91. The van der Waals surface area contributed by atoms with Gasteiger partial charge in [0.15, 0.2) is 0 Å². The van der Waals surface area contributed by atoms with Crippen LogP contribution in [-0.2, 0) is 9.84 Å². The molecule has 1 aromatic carbocycles. The summed E-state index contributed by atoms with van der Waals surface area (Å²) in [6, 6.07) is 5.68. The molecule has 0 bridgehead atoms. The number of anilines is 1. The zero-order valence-electron chi connectivity index (χ0n) is 11.5. The molecule has 1 fully saturated rings. The summed E-state index contributed by atoms with van der Waals surface area (Å²) in [6.07, 6.45) is 2.97. The van der Waals surface area contributed by atoms with E-state index < -0.39 is 15.6 Å². The Morgan fingerprint density at radius 2 is 2.00 bits per heavy atom. The highest BCUT2D eigenvalue weighted by Gasteiger charge is 2.29. The molecule has 0 amide bonds. The molecule has 118 valence electrons. The second kappa shape index (κ2) is 6.70. The third-order valence-corrected chi connectivity index (χ3v) is 5.20. The first-order valence-corrected chi connectivity index (χ1v) is 8.49. The lowest BCUT2D eigenvalue weighted by Gasteiger charge is -2.26.